The predicted molar refractivity (Wildman–Crippen MR) is 104 cm³/mol. The second kappa shape index (κ2) is 8.31. The number of aliphatic imine (C=N–C) groups is 1. The number of phenolic OH excluding ortho intramolecular Hbond substituents is 1. The summed E-state index contributed by atoms with van der Waals surface area (Å²) in [4.78, 5) is 30.3. The molecule has 1 amide bonds. The molecule has 0 atom stereocenters. The fraction of sp³-hybridized carbons (Fsp3) is 0.118. The van der Waals surface area contributed by atoms with Crippen LogP contribution in [0.25, 0.3) is 10.6 Å². The highest BCUT2D eigenvalue weighted by Crippen LogP contribution is 2.27. The number of hydrogen-bond donors (Lipinski definition) is 2. The van der Waals surface area contributed by atoms with Crippen molar-refractivity contribution in [3.63, 3.8) is 0 Å². The van der Waals surface area contributed by atoms with Crippen LogP contribution in [-0.4, -0.2) is 36.8 Å². The van der Waals surface area contributed by atoms with Gasteiger partial charge in [0.15, 0.2) is 5.82 Å². The van der Waals surface area contributed by atoms with Crippen LogP contribution in [0.2, 0.25) is 0 Å². The Kier molecular flexibility index (Phi) is 5.65. The molecule has 2 heterocycles. The third kappa shape index (κ3) is 4.92. The molecule has 0 fully saturated rings. The van der Waals surface area contributed by atoms with Crippen LogP contribution in [0.1, 0.15) is 13.3 Å². The Morgan fingerprint density at radius 3 is 2.64 bits per heavy atom. The number of amides is 1. The summed E-state index contributed by atoms with van der Waals surface area (Å²) in [6.07, 6.45) is 1.12. The number of nitrogens with zero attached hydrogens (tertiary/aromatic N) is 5. The van der Waals surface area contributed by atoms with E-state index in [2.05, 4.69) is 25.5 Å². The highest BCUT2D eigenvalue weighted by atomic mass is 32.1. The van der Waals surface area contributed by atoms with Crippen molar-refractivity contribution in [3.8, 4) is 16.3 Å². The van der Waals surface area contributed by atoms with E-state index in [0.29, 0.717) is 15.9 Å². The van der Waals surface area contributed by atoms with E-state index < -0.39 is 4.92 Å². The zero-order valence-electron chi connectivity index (χ0n) is 14.6. The van der Waals surface area contributed by atoms with E-state index in [9.17, 15) is 20.0 Å². The standard InChI is InChI=1S/C17H14N6O4S/c1-10(19-14-7-4-12(9-18-14)23(26)27)8-15(25)20-17-22-21-16(28-17)11-2-5-13(24)6-3-11/h2-7,9,24H,8H2,1H3,(H,20,22,25). The molecule has 0 saturated carbocycles. The van der Waals surface area contributed by atoms with Gasteiger partial charge in [0, 0.05) is 17.3 Å². The quantitative estimate of drug-likeness (QED) is 0.368. The number of phenols is 1. The molecular formula is C17H14N6O4S. The molecule has 3 rings (SSSR count). The Morgan fingerprint density at radius 2 is 2.00 bits per heavy atom. The summed E-state index contributed by atoms with van der Waals surface area (Å²) < 4.78 is 0. The highest BCUT2D eigenvalue weighted by Gasteiger charge is 2.11. The number of benzene rings is 1. The lowest BCUT2D eigenvalue weighted by atomic mass is 10.2. The van der Waals surface area contributed by atoms with Crippen molar-refractivity contribution in [2.24, 2.45) is 4.99 Å². The predicted octanol–water partition coefficient (Wildman–Crippen LogP) is 3.34. The van der Waals surface area contributed by atoms with Gasteiger partial charge < -0.3 is 10.4 Å². The Bertz CT molecular complexity index is 1030. The first kappa shape index (κ1) is 19.0. The SMILES string of the molecule is CC(CC(=O)Nc1nnc(-c2ccc(O)cc2)s1)=Nc1ccc([N+](=O)[O-])cn1. The molecule has 0 bridgehead atoms. The van der Waals surface area contributed by atoms with Gasteiger partial charge in [0.25, 0.3) is 5.69 Å². The lowest BCUT2D eigenvalue weighted by Crippen LogP contribution is -2.14. The van der Waals surface area contributed by atoms with Gasteiger partial charge in [0.2, 0.25) is 11.0 Å². The van der Waals surface area contributed by atoms with Gasteiger partial charge in [0.1, 0.15) is 17.0 Å². The summed E-state index contributed by atoms with van der Waals surface area (Å²) in [7, 11) is 0. The van der Waals surface area contributed by atoms with E-state index >= 15 is 0 Å². The molecular weight excluding hydrogens is 384 g/mol. The largest absolute Gasteiger partial charge is 0.508 e. The van der Waals surface area contributed by atoms with Crippen LogP contribution < -0.4 is 5.32 Å². The average Bonchev–Trinajstić information content (AvgIpc) is 3.10. The van der Waals surface area contributed by atoms with E-state index in [-0.39, 0.29) is 29.6 Å². The normalized spacial score (nSPS) is 11.2. The monoisotopic (exact) mass is 398 g/mol. The summed E-state index contributed by atoms with van der Waals surface area (Å²) >= 11 is 1.20. The maximum Gasteiger partial charge on any atom is 0.287 e. The lowest BCUT2D eigenvalue weighted by molar-refractivity contribution is -0.385. The number of carbonyl (C=O) groups excluding carboxylic acids is 1. The Balaban J connectivity index is 1.60. The summed E-state index contributed by atoms with van der Waals surface area (Å²) in [5, 5.41) is 31.5. The van der Waals surface area contributed by atoms with Crippen LogP contribution >= 0.6 is 11.3 Å². The number of carbonyl (C=O) groups is 1. The average molecular weight is 398 g/mol. The first-order valence-electron chi connectivity index (χ1n) is 7.98. The van der Waals surface area contributed by atoms with E-state index in [4.69, 9.17) is 0 Å². The first-order chi connectivity index (χ1) is 13.4. The van der Waals surface area contributed by atoms with Crippen molar-refractivity contribution < 1.29 is 14.8 Å². The lowest BCUT2D eigenvalue weighted by Gasteiger charge is -2.01. The van der Waals surface area contributed by atoms with Crippen molar-refractivity contribution in [1.82, 2.24) is 15.2 Å². The molecule has 0 aliphatic heterocycles. The number of aromatic hydroxyl groups is 1. The third-order valence-electron chi connectivity index (χ3n) is 3.45. The van der Waals surface area contributed by atoms with Crippen LogP contribution in [0.5, 0.6) is 5.75 Å². The van der Waals surface area contributed by atoms with Gasteiger partial charge in [-0.2, -0.15) is 0 Å². The molecule has 2 N–H and O–H groups in total. The molecule has 0 saturated heterocycles. The number of pyridine rings is 1. The van der Waals surface area contributed by atoms with Crippen LogP contribution in [-0.2, 0) is 4.79 Å². The van der Waals surface area contributed by atoms with Crippen LogP contribution in [0.4, 0.5) is 16.6 Å². The summed E-state index contributed by atoms with van der Waals surface area (Å²) in [6.45, 7) is 1.66. The molecule has 2 aromatic heterocycles. The number of aromatic nitrogens is 3. The molecule has 10 nitrogen and oxygen atoms in total. The summed E-state index contributed by atoms with van der Waals surface area (Å²) in [5.41, 5.74) is 1.13. The molecule has 0 radical (unpaired) electrons. The van der Waals surface area contributed by atoms with Gasteiger partial charge in [-0.05, 0) is 37.3 Å². The molecule has 0 unspecified atom stereocenters. The Hall–Kier alpha value is -3.73. The van der Waals surface area contributed by atoms with Gasteiger partial charge >= 0.3 is 0 Å². The second-order valence-corrected chi connectivity index (χ2v) is 6.64. The smallest absolute Gasteiger partial charge is 0.287 e. The third-order valence-corrected chi connectivity index (χ3v) is 4.34. The van der Waals surface area contributed by atoms with Crippen molar-refractivity contribution in [2.75, 3.05) is 5.32 Å². The van der Waals surface area contributed by atoms with Gasteiger partial charge in [-0.3, -0.25) is 14.9 Å². The zero-order valence-corrected chi connectivity index (χ0v) is 15.4. The molecule has 0 aliphatic rings. The maximum atomic E-state index is 12.2. The molecule has 0 aliphatic carbocycles. The molecule has 142 valence electrons. The van der Waals surface area contributed by atoms with Gasteiger partial charge in [0.05, 0.1) is 11.3 Å². The van der Waals surface area contributed by atoms with Gasteiger partial charge in [-0.15, -0.1) is 10.2 Å². The van der Waals surface area contributed by atoms with Gasteiger partial charge in [-0.1, -0.05) is 11.3 Å². The summed E-state index contributed by atoms with van der Waals surface area (Å²) in [6, 6.07) is 9.20. The van der Waals surface area contributed by atoms with E-state index in [1.54, 1.807) is 31.2 Å². The fourth-order valence-electron chi connectivity index (χ4n) is 2.18. The topological polar surface area (TPSA) is 144 Å². The molecule has 28 heavy (non-hydrogen) atoms. The molecule has 0 spiro atoms. The van der Waals surface area contributed by atoms with Crippen molar-refractivity contribution >= 4 is 39.6 Å². The minimum atomic E-state index is -0.546. The summed E-state index contributed by atoms with van der Waals surface area (Å²) in [5.74, 6) is 0.108. The van der Waals surface area contributed by atoms with Crippen LogP contribution in [0.3, 0.4) is 0 Å². The van der Waals surface area contributed by atoms with Gasteiger partial charge in [-0.25, -0.2) is 9.98 Å². The van der Waals surface area contributed by atoms with Crippen LogP contribution in [0, 0.1) is 10.1 Å². The van der Waals surface area contributed by atoms with Crippen molar-refractivity contribution in [1.29, 1.82) is 0 Å². The zero-order chi connectivity index (χ0) is 20.1. The van der Waals surface area contributed by atoms with Crippen LogP contribution in [0.15, 0.2) is 47.6 Å². The minimum absolute atomic E-state index is 0.00674. The maximum absolute atomic E-state index is 12.2. The van der Waals surface area contributed by atoms with E-state index in [1.165, 1.54) is 23.5 Å². The van der Waals surface area contributed by atoms with Crippen molar-refractivity contribution in [3.05, 3.63) is 52.7 Å². The number of rotatable bonds is 6. The van der Waals surface area contributed by atoms with E-state index in [0.717, 1.165) is 11.8 Å². The number of anilines is 1. The number of nitro groups is 1. The Labute approximate surface area is 162 Å². The minimum Gasteiger partial charge on any atom is -0.508 e. The number of nitrogens with one attached hydrogen (secondary N) is 1. The molecule has 1 aromatic carbocycles. The molecule has 3 aromatic rings. The second-order valence-electron chi connectivity index (χ2n) is 5.66. The first-order valence-corrected chi connectivity index (χ1v) is 8.80. The number of hydrogen-bond acceptors (Lipinski definition) is 9. The fourth-order valence-corrected chi connectivity index (χ4v) is 2.94. The van der Waals surface area contributed by atoms with E-state index in [1.807, 2.05) is 0 Å². The van der Waals surface area contributed by atoms with Crippen molar-refractivity contribution in [2.45, 2.75) is 13.3 Å². The Morgan fingerprint density at radius 1 is 1.25 bits per heavy atom. The molecule has 11 heteroatoms. The highest BCUT2D eigenvalue weighted by molar-refractivity contribution is 7.18.